The zero-order valence-corrected chi connectivity index (χ0v) is 8.35. The van der Waals surface area contributed by atoms with Crippen LogP contribution in [-0.4, -0.2) is 14.5 Å². The highest BCUT2D eigenvalue weighted by Gasteiger charge is 2.01. The van der Waals surface area contributed by atoms with Crippen LogP contribution in [0.5, 0.6) is 0 Å². The standard InChI is InChI=1S/C10H10ClN3/c11-7-10-13-5-6-14(10)8-9-3-1-2-4-12-9/h1-6H,7-8H2. The van der Waals surface area contributed by atoms with E-state index in [-0.39, 0.29) is 0 Å². The first kappa shape index (κ1) is 9.21. The molecule has 2 aromatic heterocycles. The van der Waals surface area contributed by atoms with Crippen LogP contribution in [0.25, 0.3) is 0 Å². The summed E-state index contributed by atoms with van der Waals surface area (Å²) in [6, 6.07) is 5.86. The van der Waals surface area contributed by atoms with Crippen LogP contribution in [0.3, 0.4) is 0 Å². The van der Waals surface area contributed by atoms with Crippen LogP contribution in [0.2, 0.25) is 0 Å². The highest BCUT2D eigenvalue weighted by molar-refractivity contribution is 6.16. The lowest BCUT2D eigenvalue weighted by molar-refractivity contribution is 0.736. The lowest BCUT2D eigenvalue weighted by Crippen LogP contribution is -2.03. The molecule has 4 heteroatoms. The molecule has 0 radical (unpaired) electrons. The minimum absolute atomic E-state index is 0.430. The molecule has 0 aromatic carbocycles. The number of nitrogens with zero attached hydrogens (tertiary/aromatic N) is 3. The second-order valence-electron chi connectivity index (χ2n) is 2.93. The first-order valence-corrected chi connectivity index (χ1v) is 4.89. The van der Waals surface area contributed by atoms with Gasteiger partial charge in [-0.25, -0.2) is 4.98 Å². The summed E-state index contributed by atoms with van der Waals surface area (Å²) >= 11 is 5.74. The Morgan fingerprint density at radius 3 is 2.86 bits per heavy atom. The molecule has 0 aliphatic carbocycles. The first-order chi connectivity index (χ1) is 6.90. The number of alkyl halides is 1. The molecule has 0 atom stereocenters. The summed E-state index contributed by atoms with van der Waals surface area (Å²) in [4.78, 5) is 8.37. The van der Waals surface area contributed by atoms with Crippen molar-refractivity contribution in [2.24, 2.45) is 0 Å². The van der Waals surface area contributed by atoms with E-state index in [9.17, 15) is 0 Å². The van der Waals surface area contributed by atoms with Crippen molar-refractivity contribution in [2.75, 3.05) is 0 Å². The van der Waals surface area contributed by atoms with E-state index >= 15 is 0 Å². The monoisotopic (exact) mass is 207 g/mol. The zero-order chi connectivity index (χ0) is 9.80. The summed E-state index contributed by atoms with van der Waals surface area (Å²) in [5.74, 6) is 1.30. The average Bonchev–Trinajstić information content (AvgIpc) is 2.67. The van der Waals surface area contributed by atoms with Gasteiger partial charge in [-0.1, -0.05) is 6.07 Å². The molecule has 0 aliphatic heterocycles. The molecule has 2 heterocycles. The topological polar surface area (TPSA) is 30.7 Å². The van der Waals surface area contributed by atoms with E-state index in [0.717, 1.165) is 18.1 Å². The molecular weight excluding hydrogens is 198 g/mol. The van der Waals surface area contributed by atoms with Gasteiger partial charge in [-0.15, -0.1) is 11.6 Å². The highest BCUT2D eigenvalue weighted by atomic mass is 35.5. The third-order valence-corrected chi connectivity index (χ3v) is 2.22. The lowest BCUT2D eigenvalue weighted by Gasteiger charge is -2.04. The van der Waals surface area contributed by atoms with Crippen LogP contribution >= 0.6 is 11.6 Å². The van der Waals surface area contributed by atoms with Crippen molar-refractivity contribution in [2.45, 2.75) is 12.4 Å². The predicted octanol–water partition coefficient (Wildman–Crippen LogP) is 2.07. The summed E-state index contributed by atoms with van der Waals surface area (Å²) in [7, 11) is 0. The Morgan fingerprint density at radius 2 is 2.14 bits per heavy atom. The normalized spacial score (nSPS) is 10.4. The number of aromatic nitrogens is 3. The van der Waals surface area contributed by atoms with Gasteiger partial charge in [0.25, 0.3) is 0 Å². The summed E-state index contributed by atoms with van der Waals surface area (Å²) < 4.78 is 2.00. The molecule has 0 bridgehead atoms. The van der Waals surface area contributed by atoms with Gasteiger partial charge in [-0.3, -0.25) is 4.98 Å². The van der Waals surface area contributed by atoms with E-state index < -0.39 is 0 Å². The van der Waals surface area contributed by atoms with Crippen LogP contribution < -0.4 is 0 Å². The Labute approximate surface area is 87.4 Å². The van der Waals surface area contributed by atoms with E-state index in [0.29, 0.717) is 5.88 Å². The van der Waals surface area contributed by atoms with Crippen molar-refractivity contribution < 1.29 is 0 Å². The van der Waals surface area contributed by atoms with Crippen molar-refractivity contribution in [3.8, 4) is 0 Å². The van der Waals surface area contributed by atoms with Gasteiger partial charge in [0.15, 0.2) is 0 Å². The van der Waals surface area contributed by atoms with Gasteiger partial charge >= 0.3 is 0 Å². The Morgan fingerprint density at radius 1 is 1.21 bits per heavy atom. The molecule has 0 fully saturated rings. The van der Waals surface area contributed by atoms with Crippen LogP contribution in [0.15, 0.2) is 36.8 Å². The van der Waals surface area contributed by atoms with E-state index in [2.05, 4.69) is 9.97 Å². The fraction of sp³-hybridized carbons (Fsp3) is 0.200. The van der Waals surface area contributed by atoms with E-state index in [4.69, 9.17) is 11.6 Å². The molecule has 14 heavy (non-hydrogen) atoms. The molecule has 0 saturated carbocycles. The number of rotatable bonds is 3. The van der Waals surface area contributed by atoms with Crippen LogP contribution in [0.4, 0.5) is 0 Å². The molecule has 0 aliphatic rings. The maximum absolute atomic E-state index is 5.74. The van der Waals surface area contributed by atoms with Gasteiger partial charge in [-0.2, -0.15) is 0 Å². The number of pyridine rings is 1. The largest absolute Gasteiger partial charge is 0.328 e. The number of imidazole rings is 1. The third kappa shape index (κ3) is 1.93. The fourth-order valence-corrected chi connectivity index (χ4v) is 1.50. The molecule has 0 spiro atoms. The maximum atomic E-state index is 5.74. The van der Waals surface area contributed by atoms with Crippen molar-refractivity contribution in [1.82, 2.24) is 14.5 Å². The molecule has 0 unspecified atom stereocenters. The smallest absolute Gasteiger partial charge is 0.123 e. The number of hydrogen-bond acceptors (Lipinski definition) is 2. The van der Waals surface area contributed by atoms with Gasteiger partial charge < -0.3 is 4.57 Å². The van der Waals surface area contributed by atoms with Crippen LogP contribution in [-0.2, 0) is 12.4 Å². The summed E-state index contributed by atoms with van der Waals surface area (Å²) in [6.07, 6.45) is 5.44. The molecule has 0 saturated heterocycles. The van der Waals surface area contributed by atoms with E-state index in [1.807, 2.05) is 29.0 Å². The van der Waals surface area contributed by atoms with Gasteiger partial charge in [0.2, 0.25) is 0 Å². The second kappa shape index (κ2) is 4.24. The number of halogens is 1. The Hall–Kier alpha value is -1.35. The molecular formula is C10H10ClN3. The SMILES string of the molecule is ClCc1nccn1Cc1ccccn1. The summed E-state index contributed by atoms with van der Waals surface area (Å²) in [5.41, 5.74) is 1.01. The highest BCUT2D eigenvalue weighted by Crippen LogP contribution is 2.04. The molecule has 3 nitrogen and oxygen atoms in total. The quantitative estimate of drug-likeness (QED) is 0.722. The third-order valence-electron chi connectivity index (χ3n) is 1.98. The van der Waals surface area contributed by atoms with Gasteiger partial charge in [-0.05, 0) is 12.1 Å². The van der Waals surface area contributed by atoms with E-state index in [1.54, 1.807) is 12.4 Å². The minimum atomic E-state index is 0.430. The molecule has 2 aromatic rings. The van der Waals surface area contributed by atoms with Crippen molar-refractivity contribution in [3.05, 3.63) is 48.3 Å². The first-order valence-electron chi connectivity index (χ1n) is 4.36. The predicted molar refractivity (Wildman–Crippen MR) is 55.1 cm³/mol. The second-order valence-corrected chi connectivity index (χ2v) is 3.19. The maximum Gasteiger partial charge on any atom is 0.123 e. The molecule has 2 rings (SSSR count). The van der Waals surface area contributed by atoms with Crippen molar-refractivity contribution in [3.63, 3.8) is 0 Å². The number of hydrogen-bond donors (Lipinski definition) is 0. The lowest BCUT2D eigenvalue weighted by atomic mass is 10.3. The Kier molecular flexibility index (Phi) is 2.79. The van der Waals surface area contributed by atoms with Gasteiger partial charge in [0, 0.05) is 18.6 Å². The molecule has 72 valence electrons. The Bertz CT molecular complexity index is 397. The average molecular weight is 208 g/mol. The van der Waals surface area contributed by atoms with E-state index in [1.165, 1.54) is 0 Å². The minimum Gasteiger partial charge on any atom is -0.328 e. The molecule has 0 N–H and O–H groups in total. The summed E-state index contributed by atoms with van der Waals surface area (Å²) in [6.45, 7) is 0.725. The fourth-order valence-electron chi connectivity index (χ4n) is 1.28. The van der Waals surface area contributed by atoms with Crippen LogP contribution in [0.1, 0.15) is 11.5 Å². The Balaban J connectivity index is 2.19. The summed E-state index contributed by atoms with van der Waals surface area (Å²) in [5, 5.41) is 0. The van der Waals surface area contributed by atoms with Crippen molar-refractivity contribution >= 4 is 11.6 Å². The molecule has 0 amide bonds. The zero-order valence-electron chi connectivity index (χ0n) is 7.60. The van der Waals surface area contributed by atoms with Gasteiger partial charge in [0.1, 0.15) is 5.82 Å². The van der Waals surface area contributed by atoms with Crippen LogP contribution in [0, 0.1) is 0 Å². The van der Waals surface area contributed by atoms with Gasteiger partial charge in [0.05, 0.1) is 18.1 Å². The van der Waals surface area contributed by atoms with Crippen molar-refractivity contribution in [1.29, 1.82) is 0 Å².